The number of rotatable bonds is 6. The summed E-state index contributed by atoms with van der Waals surface area (Å²) < 4.78 is 9.72. The number of hydrogen-bond donors (Lipinski definition) is 1. The van der Waals surface area contributed by atoms with E-state index in [9.17, 15) is 9.59 Å². The molecule has 0 amide bonds. The van der Waals surface area contributed by atoms with E-state index in [0.29, 0.717) is 22.0 Å². The van der Waals surface area contributed by atoms with Crippen LogP contribution >= 0.6 is 11.3 Å². The summed E-state index contributed by atoms with van der Waals surface area (Å²) in [5.74, 6) is -0.827. The molecule has 0 aliphatic rings. The van der Waals surface area contributed by atoms with Gasteiger partial charge in [0.25, 0.3) is 0 Å². The van der Waals surface area contributed by atoms with Gasteiger partial charge in [-0.25, -0.2) is 4.79 Å². The molecule has 0 aliphatic carbocycles. The van der Waals surface area contributed by atoms with Crippen molar-refractivity contribution in [2.24, 2.45) is 0 Å². The molecular formula is C13H17NO4S. The zero-order chi connectivity index (χ0) is 14.4. The monoisotopic (exact) mass is 283 g/mol. The van der Waals surface area contributed by atoms with Gasteiger partial charge in [-0.15, -0.1) is 11.3 Å². The Morgan fingerprint density at radius 2 is 1.95 bits per heavy atom. The van der Waals surface area contributed by atoms with Crippen molar-refractivity contribution < 1.29 is 19.1 Å². The van der Waals surface area contributed by atoms with Crippen molar-refractivity contribution in [2.45, 2.75) is 20.3 Å². The maximum atomic E-state index is 11.5. The molecule has 0 bridgehead atoms. The predicted octanol–water partition coefficient (Wildman–Crippen LogP) is 2.01. The molecule has 6 heteroatoms. The van der Waals surface area contributed by atoms with Gasteiger partial charge in [0.2, 0.25) is 0 Å². The van der Waals surface area contributed by atoms with Crippen molar-refractivity contribution in [3.8, 4) is 0 Å². The van der Waals surface area contributed by atoms with Crippen LogP contribution in [0.3, 0.4) is 0 Å². The molecule has 0 aliphatic heterocycles. The van der Waals surface area contributed by atoms with Crippen LogP contribution in [-0.2, 0) is 25.5 Å². The topological polar surface area (TPSA) is 78.6 Å². The van der Waals surface area contributed by atoms with Crippen molar-refractivity contribution in [1.82, 2.24) is 0 Å². The number of nitrogen functional groups attached to an aromatic ring is 1. The SMILES string of the molecule is C=C(C(=O)OCC)c1cc(CC(=O)OCC)c(N)s1. The molecule has 0 saturated carbocycles. The summed E-state index contributed by atoms with van der Waals surface area (Å²) >= 11 is 1.21. The molecular weight excluding hydrogens is 266 g/mol. The zero-order valence-corrected chi connectivity index (χ0v) is 11.8. The van der Waals surface area contributed by atoms with Gasteiger partial charge in [-0.1, -0.05) is 6.58 Å². The summed E-state index contributed by atoms with van der Waals surface area (Å²) in [4.78, 5) is 23.5. The highest BCUT2D eigenvalue weighted by Gasteiger charge is 2.17. The lowest BCUT2D eigenvalue weighted by Gasteiger charge is -2.02. The lowest BCUT2D eigenvalue weighted by atomic mass is 10.1. The Morgan fingerprint density at radius 3 is 2.53 bits per heavy atom. The smallest absolute Gasteiger partial charge is 0.338 e. The van der Waals surface area contributed by atoms with Gasteiger partial charge in [0.15, 0.2) is 0 Å². The van der Waals surface area contributed by atoms with Crippen LogP contribution in [-0.4, -0.2) is 25.2 Å². The number of esters is 2. The standard InChI is InChI=1S/C13H17NO4S/c1-4-17-11(15)7-9-6-10(19-12(9)14)8(3)13(16)18-5-2/h6H,3-5,7,14H2,1-2H3. The lowest BCUT2D eigenvalue weighted by molar-refractivity contribution is -0.142. The summed E-state index contributed by atoms with van der Waals surface area (Å²) in [5.41, 5.74) is 6.70. The predicted molar refractivity (Wildman–Crippen MR) is 74.7 cm³/mol. The molecule has 0 spiro atoms. The van der Waals surface area contributed by atoms with Crippen molar-refractivity contribution in [2.75, 3.05) is 18.9 Å². The number of hydrogen-bond acceptors (Lipinski definition) is 6. The minimum Gasteiger partial charge on any atom is -0.466 e. The van der Waals surface area contributed by atoms with Crippen molar-refractivity contribution in [3.63, 3.8) is 0 Å². The molecule has 19 heavy (non-hydrogen) atoms. The van der Waals surface area contributed by atoms with Crippen LogP contribution in [0.2, 0.25) is 0 Å². The number of thiophene rings is 1. The minimum atomic E-state index is -0.480. The van der Waals surface area contributed by atoms with Gasteiger partial charge in [0.1, 0.15) is 0 Å². The molecule has 1 aromatic rings. The van der Waals surface area contributed by atoms with E-state index in [1.807, 2.05) is 0 Å². The fourth-order valence-electron chi connectivity index (χ4n) is 1.42. The molecule has 2 N–H and O–H groups in total. The molecule has 0 aromatic carbocycles. The van der Waals surface area contributed by atoms with Crippen LogP contribution < -0.4 is 5.73 Å². The average Bonchev–Trinajstić information content (AvgIpc) is 2.70. The summed E-state index contributed by atoms with van der Waals surface area (Å²) in [5, 5.41) is 0.480. The molecule has 0 saturated heterocycles. The van der Waals surface area contributed by atoms with Crippen LogP contribution in [0.1, 0.15) is 24.3 Å². The third-order valence-corrected chi connectivity index (χ3v) is 3.37. The molecule has 104 valence electrons. The van der Waals surface area contributed by atoms with E-state index in [1.54, 1.807) is 19.9 Å². The quantitative estimate of drug-likeness (QED) is 0.638. The van der Waals surface area contributed by atoms with Crippen LogP contribution in [0.15, 0.2) is 12.6 Å². The summed E-state index contributed by atoms with van der Waals surface area (Å²) in [6.07, 6.45) is 0.0896. The first-order valence-corrected chi connectivity index (χ1v) is 6.71. The third kappa shape index (κ3) is 4.10. The highest BCUT2D eigenvalue weighted by Crippen LogP contribution is 2.30. The number of ether oxygens (including phenoxy) is 2. The maximum Gasteiger partial charge on any atom is 0.338 e. The number of nitrogens with two attached hydrogens (primary N) is 1. The summed E-state index contributed by atoms with van der Waals surface area (Å²) in [6, 6.07) is 1.68. The van der Waals surface area contributed by atoms with Crippen LogP contribution in [0.4, 0.5) is 5.00 Å². The summed E-state index contributed by atoms with van der Waals surface area (Å²) in [6.45, 7) is 7.75. The van der Waals surface area contributed by atoms with E-state index in [4.69, 9.17) is 15.2 Å². The van der Waals surface area contributed by atoms with Gasteiger partial charge in [0.05, 0.1) is 30.2 Å². The van der Waals surface area contributed by atoms with E-state index >= 15 is 0 Å². The fraction of sp³-hybridized carbons (Fsp3) is 0.385. The van der Waals surface area contributed by atoms with E-state index in [0.717, 1.165) is 0 Å². The van der Waals surface area contributed by atoms with E-state index in [-0.39, 0.29) is 24.6 Å². The lowest BCUT2D eigenvalue weighted by Crippen LogP contribution is -2.08. The Bertz CT molecular complexity index is 493. The van der Waals surface area contributed by atoms with Gasteiger partial charge in [-0.2, -0.15) is 0 Å². The summed E-state index contributed by atoms with van der Waals surface area (Å²) in [7, 11) is 0. The van der Waals surface area contributed by atoms with Crippen LogP contribution in [0.25, 0.3) is 5.57 Å². The molecule has 0 radical (unpaired) electrons. The van der Waals surface area contributed by atoms with Crippen LogP contribution in [0, 0.1) is 0 Å². The van der Waals surface area contributed by atoms with Gasteiger partial charge in [0, 0.05) is 4.88 Å². The molecule has 1 heterocycles. The Labute approximate surface area is 116 Å². The molecule has 0 unspecified atom stereocenters. The number of anilines is 1. The largest absolute Gasteiger partial charge is 0.466 e. The van der Waals surface area contributed by atoms with Crippen molar-refractivity contribution in [3.05, 3.63) is 23.1 Å². The first-order chi connectivity index (χ1) is 8.99. The van der Waals surface area contributed by atoms with E-state index in [1.165, 1.54) is 11.3 Å². The van der Waals surface area contributed by atoms with Gasteiger partial charge in [-0.05, 0) is 25.5 Å². The molecule has 5 nitrogen and oxygen atoms in total. The van der Waals surface area contributed by atoms with Gasteiger partial charge >= 0.3 is 11.9 Å². The van der Waals surface area contributed by atoms with Crippen LogP contribution in [0.5, 0.6) is 0 Å². The highest BCUT2D eigenvalue weighted by atomic mass is 32.1. The van der Waals surface area contributed by atoms with E-state index in [2.05, 4.69) is 6.58 Å². The normalized spacial score (nSPS) is 10.0. The third-order valence-electron chi connectivity index (χ3n) is 2.30. The van der Waals surface area contributed by atoms with Crippen molar-refractivity contribution >= 4 is 33.8 Å². The highest BCUT2D eigenvalue weighted by molar-refractivity contribution is 7.17. The van der Waals surface area contributed by atoms with Crippen molar-refractivity contribution in [1.29, 1.82) is 0 Å². The Morgan fingerprint density at radius 1 is 1.32 bits per heavy atom. The number of carbonyl (C=O) groups excluding carboxylic acids is 2. The Kier molecular flexibility index (Phi) is 5.57. The molecule has 1 aromatic heterocycles. The fourth-order valence-corrected chi connectivity index (χ4v) is 2.32. The Hall–Kier alpha value is -1.82. The second-order valence-corrected chi connectivity index (χ2v) is 4.76. The molecule has 1 rings (SSSR count). The Balaban J connectivity index is 2.81. The van der Waals surface area contributed by atoms with Gasteiger partial charge in [-0.3, -0.25) is 4.79 Å². The second-order valence-electron chi connectivity index (χ2n) is 3.68. The van der Waals surface area contributed by atoms with Gasteiger partial charge < -0.3 is 15.2 Å². The maximum absolute atomic E-state index is 11.5. The van der Waals surface area contributed by atoms with E-state index < -0.39 is 5.97 Å². The zero-order valence-electron chi connectivity index (χ0n) is 11.0. The molecule has 0 atom stereocenters. The molecule has 0 fully saturated rings. The minimum absolute atomic E-state index is 0.0896. The first-order valence-electron chi connectivity index (χ1n) is 5.89. The average molecular weight is 283 g/mol. The second kappa shape index (κ2) is 6.94. The first kappa shape index (κ1) is 15.2. The number of carbonyl (C=O) groups is 2.